The largest absolute Gasteiger partial charge is 0.320 e. The van der Waals surface area contributed by atoms with Crippen LogP contribution in [0.5, 0.6) is 0 Å². The number of hydrogen-bond acceptors (Lipinski definition) is 2. The van der Waals surface area contributed by atoms with E-state index in [2.05, 4.69) is 10.2 Å². The normalized spacial score (nSPS) is 21.9. The molecule has 0 bridgehead atoms. The highest BCUT2D eigenvalue weighted by atomic mass is 19.1. The summed E-state index contributed by atoms with van der Waals surface area (Å²) in [5.41, 5.74) is 0.735. The average Bonchev–Trinajstić information content (AvgIpc) is 2.43. The lowest BCUT2D eigenvalue weighted by atomic mass is 9.95. The first-order chi connectivity index (χ1) is 9.61. The van der Waals surface area contributed by atoms with Crippen molar-refractivity contribution in [2.45, 2.75) is 44.7 Å². The Kier molecular flexibility index (Phi) is 5.49. The van der Waals surface area contributed by atoms with Gasteiger partial charge in [0.1, 0.15) is 11.6 Å². The van der Waals surface area contributed by atoms with E-state index in [1.165, 1.54) is 25.0 Å². The molecule has 1 aromatic rings. The minimum Gasteiger partial charge on any atom is -0.320 e. The van der Waals surface area contributed by atoms with Gasteiger partial charge in [-0.1, -0.05) is 6.42 Å². The lowest BCUT2D eigenvalue weighted by Crippen LogP contribution is -2.42. The maximum Gasteiger partial charge on any atom is 0.126 e. The lowest BCUT2D eigenvalue weighted by Gasteiger charge is -2.40. The number of nitrogens with one attached hydrogen (secondary N) is 1. The molecule has 1 fully saturated rings. The molecule has 0 spiro atoms. The number of nitrogens with zero attached hydrogens (tertiary/aromatic N) is 1. The van der Waals surface area contributed by atoms with E-state index < -0.39 is 11.6 Å². The van der Waals surface area contributed by atoms with E-state index in [4.69, 9.17) is 0 Å². The highest BCUT2D eigenvalue weighted by Crippen LogP contribution is 2.30. The monoisotopic (exact) mass is 282 g/mol. The summed E-state index contributed by atoms with van der Waals surface area (Å²) >= 11 is 0. The van der Waals surface area contributed by atoms with E-state index >= 15 is 0 Å². The molecule has 1 N–H and O–H groups in total. The minimum atomic E-state index is -0.490. The van der Waals surface area contributed by atoms with Crippen molar-refractivity contribution in [3.8, 4) is 0 Å². The molecule has 1 heterocycles. The van der Waals surface area contributed by atoms with Crippen molar-refractivity contribution in [3.05, 3.63) is 35.4 Å². The first-order valence-electron chi connectivity index (χ1n) is 7.48. The fourth-order valence-corrected chi connectivity index (χ4v) is 3.16. The molecule has 0 aromatic heterocycles. The van der Waals surface area contributed by atoms with Gasteiger partial charge in [0.05, 0.1) is 0 Å². The Labute approximate surface area is 120 Å². The second-order valence-corrected chi connectivity index (χ2v) is 5.66. The van der Waals surface area contributed by atoms with Crippen molar-refractivity contribution in [1.29, 1.82) is 0 Å². The molecule has 4 heteroatoms. The fraction of sp³-hybridized carbons (Fsp3) is 0.625. The highest BCUT2D eigenvalue weighted by molar-refractivity contribution is 5.21. The SMILES string of the molecule is CNCCC1CCCCN1C(C)c1cc(F)cc(F)c1. The molecule has 112 valence electrons. The Morgan fingerprint density at radius 3 is 2.60 bits per heavy atom. The van der Waals surface area contributed by atoms with E-state index in [9.17, 15) is 8.78 Å². The van der Waals surface area contributed by atoms with Gasteiger partial charge in [-0.2, -0.15) is 0 Å². The molecule has 2 unspecified atom stereocenters. The molecule has 1 aliphatic rings. The third-order valence-corrected chi connectivity index (χ3v) is 4.26. The van der Waals surface area contributed by atoms with Crippen LogP contribution in [0, 0.1) is 11.6 Å². The van der Waals surface area contributed by atoms with Gasteiger partial charge in [0.25, 0.3) is 0 Å². The van der Waals surface area contributed by atoms with Crippen LogP contribution in [-0.2, 0) is 0 Å². The summed E-state index contributed by atoms with van der Waals surface area (Å²) in [6, 6.07) is 4.40. The fourth-order valence-electron chi connectivity index (χ4n) is 3.16. The zero-order valence-corrected chi connectivity index (χ0v) is 12.3. The predicted molar refractivity (Wildman–Crippen MR) is 77.7 cm³/mol. The molecule has 2 rings (SSSR count). The third kappa shape index (κ3) is 3.76. The predicted octanol–water partition coefficient (Wildman–Crippen LogP) is 3.49. The summed E-state index contributed by atoms with van der Waals surface area (Å²) in [7, 11) is 1.96. The molecular formula is C16H24F2N2. The Morgan fingerprint density at radius 1 is 1.25 bits per heavy atom. The molecule has 0 aliphatic carbocycles. The van der Waals surface area contributed by atoms with E-state index in [1.807, 2.05) is 14.0 Å². The molecule has 0 radical (unpaired) electrons. The van der Waals surface area contributed by atoms with Gasteiger partial charge in [-0.15, -0.1) is 0 Å². The second-order valence-electron chi connectivity index (χ2n) is 5.66. The van der Waals surface area contributed by atoms with Crippen LogP contribution in [-0.4, -0.2) is 31.1 Å². The van der Waals surface area contributed by atoms with Gasteiger partial charge in [0, 0.05) is 18.2 Å². The van der Waals surface area contributed by atoms with E-state index in [1.54, 1.807) is 0 Å². The van der Waals surface area contributed by atoms with Crippen LogP contribution in [0.4, 0.5) is 8.78 Å². The smallest absolute Gasteiger partial charge is 0.126 e. The first kappa shape index (κ1) is 15.4. The Balaban J connectivity index is 2.13. The topological polar surface area (TPSA) is 15.3 Å². The van der Waals surface area contributed by atoms with Gasteiger partial charge >= 0.3 is 0 Å². The van der Waals surface area contributed by atoms with E-state index in [0.717, 1.165) is 37.6 Å². The summed E-state index contributed by atoms with van der Waals surface area (Å²) < 4.78 is 26.8. The van der Waals surface area contributed by atoms with Gasteiger partial charge in [0.15, 0.2) is 0 Å². The third-order valence-electron chi connectivity index (χ3n) is 4.26. The molecule has 0 amide bonds. The van der Waals surface area contributed by atoms with Crippen molar-refractivity contribution in [1.82, 2.24) is 10.2 Å². The molecule has 20 heavy (non-hydrogen) atoms. The number of rotatable bonds is 5. The standard InChI is InChI=1S/C16H24F2N2/c1-12(13-9-14(17)11-15(18)10-13)20-8-4-3-5-16(20)6-7-19-2/h9-12,16,19H,3-8H2,1-2H3. The van der Waals surface area contributed by atoms with Crippen molar-refractivity contribution < 1.29 is 8.78 Å². The van der Waals surface area contributed by atoms with Crippen LogP contribution in [0.1, 0.15) is 44.2 Å². The average molecular weight is 282 g/mol. The summed E-state index contributed by atoms with van der Waals surface area (Å²) in [4.78, 5) is 2.40. The molecule has 1 aliphatic heterocycles. The van der Waals surface area contributed by atoms with Crippen molar-refractivity contribution in [3.63, 3.8) is 0 Å². The van der Waals surface area contributed by atoms with Crippen molar-refractivity contribution in [2.24, 2.45) is 0 Å². The Morgan fingerprint density at radius 2 is 1.95 bits per heavy atom. The maximum atomic E-state index is 13.4. The number of hydrogen-bond donors (Lipinski definition) is 1. The molecule has 2 nitrogen and oxygen atoms in total. The van der Waals surface area contributed by atoms with Gasteiger partial charge in [-0.25, -0.2) is 8.78 Å². The zero-order valence-electron chi connectivity index (χ0n) is 12.3. The van der Waals surface area contributed by atoms with E-state index in [0.29, 0.717) is 6.04 Å². The molecule has 0 saturated carbocycles. The van der Waals surface area contributed by atoms with Gasteiger partial charge in [-0.3, -0.25) is 4.90 Å². The van der Waals surface area contributed by atoms with Crippen LogP contribution >= 0.6 is 0 Å². The van der Waals surface area contributed by atoms with Crippen LogP contribution < -0.4 is 5.32 Å². The molecule has 2 atom stereocenters. The van der Waals surface area contributed by atoms with Crippen LogP contribution in [0.2, 0.25) is 0 Å². The zero-order chi connectivity index (χ0) is 14.5. The van der Waals surface area contributed by atoms with E-state index in [-0.39, 0.29) is 6.04 Å². The van der Waals surface area contributed by atoms with Gasteiger partial charge in [-0.05, 0) is 64.0 Å². The highest BCUT2D eigenvalue weighted by Gasteiger charge is 2.27. The maximum absolute atomic E-state index is 13.4. The van der Waals surface area contributed by atoms with Crippen molar-refractivity contribution in [2.75, 3.05) is 20.1 Å². The summed E-state index contributed by atoms with van der Waals surface area (Å²) in [6.07, 6.45) is 4.66. The summed E-state index contributed by atoms with van der Waals surface area (Å²) in [6.45, 7) is 4.03. The number of piperidine rings is 1. The first-order valence-corrected chi connectivity index (χ1v) is 7.48. The molecule has 1 saturated heterocycles. The number of benzene rings is 1. The Bertz CT molecular complexity index is 416. The number of likely N-dealkylation sites (tertiary alicyclic amines) is 1. The Hall–Kier alpha value is -1.00. The van der Waals surface area contributed by atoms with Gasteiger partial charge in [0.2, 0.25) is 0 Å². The molecule has 1 aromatic carbocycles. The lowest BCUT2D eigenvalue weighted by molar-refractivity contribution is 0.0968. The second kappa shape index (κ2) is 7.14. The van der Waals surface area contributed by atoms with Crippen LogP contribution in [0.25, 0.3) is 0 Å². The van der Waals surface area contributed by atoms with Crippen LogP contribution in [0.3, 0.4) is 0 Å². The quantitative estimate of drug-likeness (QED) is 0.889. The summed E-state index contributed by atoms with van der Waals surface area (Å²) in [5.74, 6) is -0.980. The number of halogens is 2. The molecular weight excluding hydrogens is 258 g/mol. The summed E-state index contributed by atoms with van der Waals surface area (Å²) in [5, 5.41) is 3.19. The van der Waals surface area contributed by atoms with Crippen LogP contribution in [0.15, 0.2) is 18.2 Å². The van der Waals surface area contributed by atoms with Crippen molar-refractivity contribution >= 4 is 0 Å². The van der Waals surface area contributed by atoms with Gasteiger partial charge < -0.3 is 5.32 Å². The minimum absolute atomic E-state index is 0.0577.